The molecule has 0 bridgehead atoms. The van der Waals surface area contributed by atoms with Crippen LogP contribution in [0.1, 0.15) is 27.7 Å². The summed E-state index contributed by atoms with van der Waals surface area (Å²) in [5, 5.41) is 9.04. The molecule has 0 radical (unpaired) electrons. The predicted molar refractivity (Wildman–Crippen MR) is 60.6 cm³/mol. The SMILES string of the molecule is CC(C)C(C#N)C(=O)N1CCOCC1(C)C. The lowest BCUT2D eigenvalue weighted by atomic mass is 9.92. The third kappa shape index (κ3) is 2.53. The van der Waals surface area contributed by atoms with Crippen LogP contribution in [0.3, 0.4) is 0 Å². The van der Waals surface area contributed by atoms with Gasteiger partial charge in [-0.1, -0.05) is 13.8 Å². The zero-order valence-corrected chi connectivity index (χ0v) is 10.5. The maximum Gasteiger partial charge on any atom is 0.240 e. The highest BCUT2D eigenvalue weighted by molar-refractivity contribution is 5.82. The Kier molecular flexibility index (Phi) is 3.93. The van der Waals surface area contributed by atoms with Crippen LogP contribution < -0.4 is 0 Å². The number of hydrogen-bond donors (Lipinski definition) is 0. The van der Waals surface area contributed by atoms with Crippen LogP contribution >= 0.6 is 0 Å². The molecule has 90 valence electrons. The van der Waals surface area contributed by atoms with Crippen molar-refractivity contribution in [1.82, 2.24) is 4.90 Å². The number of amides is 1. The molecular formula is C12H20N2O2. The molecule has 4 nitrogen and oxygen atoms in total. The van der Waals surface area contributed by atoms with E-state index in [1.807, 2.05) is 27.7 Å². The molecule has 1 heterocycles. The summed E-state index contributed by atoms with van der Waals surface area (Å²) < 4.78 is 5.36. The van der Waals surface area contributed by atoms with E-state index in [1.165, 1.54) is 0 Å². The molecule has 4 heteroatoms. The highest BCUT2D eigenvalue weighted by atomic mass is 16.5. The normalized spacial score (nSPS) is 21.6. The van der Waals surface area contributed by atoms with Crippen LogP contribution in [0.25, 0.3) is 0 Å². The van der Waals surface area contributed by atoms with Gasteiger partial charge in [-0.25, -0.2) is 0 Å². The third-order valence-corrected chi connectivity index (χ3v) is 2.98. The van der Waals surface area contributed by atoms with Crippen molar-refractivity contribution in [2.45, 2.75) is 33.2 Å². The van der Waals surface area contributed by atoms with Gasteiger partial charge in [0.1, 0.15) is 5.92 Å². The van der Waals surface area contributed by atoms with Crippen molar-refractivity contribution in [1.29, 1.82) is 5.26 Å². The van der Waals surface area contributed by atoms with Crippen molar-refractivity contribution in [3.05, 3.63) is 0 Å². The molecule has 1 aliphatic heterocycles. The highest BCUT2D eigenvalue weighted by Crippen LogP contribution is 2.23. The molecule has 0 N–H and O–H groups in total. The molecule has 0 aromatic heterocycles. The van der Waals surface area contributed by atoms with Crippen LogP contribution in [-0.4, -0.2) is 36.1 Å². The number of carbonyl (C=O) groups is 1. The molecule has 1 saturated heterocycles. The van der Waals surface area contributed by atoms with Gasteiger partial charge >= 0.3 is 0 Å². The average molecular weight is 224 g/mol. The van der Waals surface area contributed by atoms with E-state index in [0.29, 0.717) is 19.8 Å². The van der Waals surface area contributed by atoms with E-state index >= 15 is 0 Å². The number of hydrogen-bond acceptors (Lipinski definition) is 3. The van der Waals surface area contributed by atoms with Gasteiger partial charge in [0.05, 0.1) is 24.8 Å². The number of carbonyl (C=O) groups excluding carboxylic acids is 1. The Labute approximate surface area is 97.2 Å². The molecule has 16 heavy (non-hydrogen) atoms. The van der Waals surface area contributed by atoms with Crippen LogP contribution in [0.2, 0.25) is 0 Å². The lowest BCUT2D eigenvalue weighted by Crippen LogP contribution is -2.57. The van der Waals surface area contributed by atoms with E-state index < -0.39 is 5.92 Å². The van der Waals surface area contributed by atoms with Gasteiger partial charge in [0, 0.05) is 6.54 Å². The van der Waals surface area contributed by atoms with Gasteiger partial charge in [0.2, 0.25) is 5.91 Å². The summed E-state index contributed by atoms with van der Waals surface area (Å²) >= 11 is 0. The maximum atomic E-state index is 12.2. The molecule has 0 aliphatic carbocycles. The minimum absolute atomic E-state index is 0.0520. The first-order valence-electron chi connectivity index (χ1n) is 5.69. The van der Waals surface area contributed by atoms with Gasteiger partial charge in [-0.3, -0.25) is 4.79 Å². The summed E-state index contributed by atoms with van der Waals surface area (Å²) in [7, 11) is 0. The lowest BCUT2D eigenvalue weighted by molar-refractivity contribution is -0.150. The minimum atomic E-state index is -0.544. The fourth-order valence-corrected chi connectivity index (χ4v) is 1.92. The zero-order chi connectivity index (χ0) is 12.3. The first-order valence-corrected chi connectivity index (χ1v) is 5.69. The third-order valence-electron chi connectivity index (χ3n) is 2.98. The largest absolute Gasteiger partial charge is 0.377 e. The highest BCUT2D eigenvalue weighted by Gasteiger charge is 2.38. The molecular weight excluding hydrogens is 204 g/mol. The number of nitriles is 1. The van der Waals surface area contributed by atoms with E-state index in [0.717, 1.165) is 0 Å². The quantitative estimate of drug-likeness (QED) is 0.712. The van der Waals surface area contributed by atoms with E-state index in [4.69, 9.17) is 10.00 Å². The Bertz CT molecular complexity index is 305. The molecule has 1 amide bonds. The maximum absolute atomic E-state index is 12.2. The van der Waals surface area contributed by atoms with Gasteiger partial charge in [-0.2, -0.15) is 5.26 Å². The van der Waals surface area contributed by atoms with Crippen molar-refractivity contribution in [3.8, 4) is 6.07 Å². The molecule has 0 spiro atoms. The Balaban J connectivity index is 2.83. The second-order valence-corrected chi connectivity index (χ2v) is 5.21. The van der Waals surface area contributed by atoms with Crippen molar-refractivity contribution < 1.29 is 9.53 Å². The second-order valence-electron chi connectivity index (χ2n) is 5.21. The first-order chi connectivity index (χ1) is 7.40. The fraction of sp³-hybridized carbons (Fsp3) is 0.833. The van der Waals surface area contributed by atoms with Gasteiger partial charge in [0.15, 0.2) is 0 Å². The summed E-state index contributed by atoms with van der Waals surface area (Å²) in [5.74, 6) is -0.556. The van der Waals surface area contributed by atoms with Crippen molar-refractivity contribution in [2.24, 2.45) is 11.8 Å². The van der Waals surface area contributed by atoms with Crippen molar-refractivity contribution in [3.63, 3.8) is 0 Å². The van der Waals surface area contributed by atoms with Gasteiger partial charge < -0.3 is 9.64 Å². The average Bonchev–Trinajstić information content (AvgIpc) is 2.17. The summed E-state index contributed by atoms with van der Waals surface area (Å²) in [5.41, 5.74) is -0.306. The Morgan fingerprint density at radius 3 is 2.56 bits per heavy atom. The Hall–Kier alpha value is -1.08. The van der Waals surface area contributed by atoms with Crippen LogP contribution in [0.15, 0.2) is 0 Å². The summed E-state index contributed by atoms with van der Waals surface area (Å²) in [6, 6.07) is 2.10. The molecule has 1 fully saturated rings. The topological polar surface area (TPSA) is 53.3 Å². The fourth-order valence-electron chi connectivity index (χ4n) is 1.92. The lowest BCUT2D eigenvalue weighted by Gasteiger charge is -2.43. The standard InChI is InChI=1S/C12H20N2O2/c1-9(2)10(7-13)11(15)14-5-6-16-8-12(14,3)4/h9-10H,5-6,8H2,1-4H3. The first kappa shape index (κ1) is 13.0. The predicted octanol–water partition coefficient (Wildman–Crippen LogP) is 1.42. The number of nitrogens with zero attached hydrogens (tertiary/aromatic N) is 2. The Morgan fingerprint density at radius 2 is 2.12 bits per heavy atom. The monoisotopic (exact) mass is 224 g/mol. The van der Waals surface area contributed by atoms with E-state index in [2.05, 4.69) is 6.07 Å². The van der Waals surface area contributed by atoms with Gasteiger partial charge in [0.25, 0.3) is 0 Å². The van der Waals surface area contributed by atoms with E-state index in [-0.39, 0.29) is 17.4 Å². The smallest absolute Gasteiger partial charge is 0.240 e. The van der Waals surface area contributed by atoms with Crippen LogP contribution in [0.5, 0.6) is 0 Å². The minimum Gasteiger partial charge on any atom is -0.377 e. The molecule has 1 aliphatic rings. The Morgan fingerprint density at radius 1 is 1.50 bits per heavy atom. The number of morpholine rings is 1. The van der Waals surface area contributed by atoms with Crippen LogP contribution in [0, 0.1) is 23.2 Å². The summed E-state index contributed by atoms with van der Waals surface area (Å²) in [6.07, 6.45) is 0. The molecule has 0 aromatic carbocycles. The molecule has 1 rings (SSSR count). The number of rotatable bonds is 2. The summed E-state index contributed by atoms with van der Waals surface area (Å²) in [4.78, 5) is 14.0. The van der Waals surface area contributed by atoms with Crippen molar-refractivity contribution >= 4 is 5.91 Å². The van der Waals surface area contributed by atoms with E-state index in [9.17, 15) is 4.79 Å². The van der Waals surface area contributed by atoms with Crippen LogP contribution in [0.4, 0.5) is 0 Å². The molecule has 1 atom stereocenters. The molecule has 0 saturated carbocycles. The van der Waals surface area contributed by atoms with E-state index in [1.54, 1.807) is 4.90 Å². The molecule has 1 unspecified atom stereocenters. The van der Waals surface area contributed by atoms with Crippen LogP contribution in [-0.2, 0) is 9.53 Å². The van der Waals surface area contributed by atoms with Gasteiger partial charge in [-0.15, -0.1) is 0 Å². The van der Waals surface area contributed by atoms with Crippen molar-refractivity contribution in [2.75, 3.05) is 19.8 Å². The van der Waals surface area contributed by atoms with Gasteiger partial charge in [-0.05, 0) is 19.8 Å². The molecule has 0 aromatic rings. The second kappa shape index (κ2) is 4.84. The summed E-state index contributed by atoms with van der Waals surface area (Å²) in [6.45, 7) is 9.42. The number of ether oxygens (including phenoxy) is 1. The zero-order valence-electron chi connectivity index (χ0n) is 10.5.